The molecule has 0 unspecified atom stereocenters. The molecule has 0 aliphatic carbocycles. The van der Waals surface area contributed by atoms with Gasteiger partial charge in [0.1, 0.15) is 0 Å². The van der Waals surface area contributed by atoms with Crippen LogP contribution in [0.3, 0.4) is 0 Å². The van der Waals surface area contributed by atoms with Gasteiger partial charge in [0.2, 0.25) is 15.9 Å². The SMILES string of the molecule is CN(C)S(=O)(=O)c1cccc(C(=O)NCC(=O)Nc2cccc(-c3ccccc3)c2)c1. The summed E-state index contributed by atoms with van der Waals surface area (Å²) in [6.45, 7) is -0.251. The maximum absolute atomic E-state index is 12.4. The van der Waals surface area contributed by atoms with Gasteiger partial charge in [-0.2, -0.15) is 0 Å². The molecule has 0 aliphatic heterocycles. The molecule has 8 heteroatoms. The molecule has 0 aliphatic rings. The van der Waals surface area contributed by atoms with E-state index in [0.717, 1.165) is 15.4 Å². The first-order chi connectivity index (χ1) is 14.8. The van der Waals surface area contributed by atoms with Crippen molar-refractivity contribution in [3.63, 3.8) is 0 Å². The van der Waals surface area contributed by atoms with E-state index in [-0.39, 0.29) is 17.0 Å². The highest BCUT2D eigenvalue weighted by atomic mass is 32.2. The molecule has 0 aromatic heterocycles. The summed E-state index contributed by atoms with van der Waals surface area (Å²) in [6.07, 6.45) is 0. The normalized spacial score (nSPS) is 11.2. The van der Waals surface area contributed by atoms with Gasteiger partial charge < -0.3 is 10.6 Å². The van der Waals surface area contributed by atoms with Crippen molar-refractivity contribution in [2.24, 2.45) is 0 Å². The number of sulfonamides is 1. The van der Waals surface area contributed by atoms with Crippen molar-refractivity contribution >= 4 is 27.5 Å². The second-order valence-corrected chi connectivity index (χ2v) is 9.14. The van der Waals surface area contributed by atoms with Gasteiger partial charge in [0.05, 0.1) is 11.4 Å². The first kappa shape index (κ1) is 22.2. The Morgan fingerprint density at radius 2 is 1.52 bits per heavy atom. The third kappa shape index (κ3) is 5.56. The summed E-state index contributed by atoms with van der Waals surface area (Å²) in [7, 11) is -0.826. The molecule has 3 rings (SSSR count). The van der Waals surface area contributed by atoms with Crippen LogP contribution in [0.5, 0.6) is 0 Å². The van der Waals surface area contributed by atoms with Gasteiger partial charge in [-0.1, -0.05) is 48.5 Å². The molecule has 3 aromatic carbocycles. The van der Waals surface area contributed by atoms with Crippen molar-refractivity contribution in [3.05, 3.63) is 84.4 Å². The third-order valence-electron chi connectivity index (χ3n) is 4.54. The van der Waals surface area contributed by atoms with Gasteiger partial charge in [0, 0.05) is 25.3 Å². The number of hydrogen-bond donors (Lipinski definition) is 2. The summed E-state index contributed by atoms with van der Waals surface area (Å²) >= 11 is 0. The van der Waals surface area contributed by atoms with Gasteiger partial charge in [0.25, 0.3) is 5.91 Å². The summed E-state index contributed by atoms with van der Waals surface area (Å²) in [5.41, 5.74) is 2.75. The minimum atomic E-state index is -3.66. The molecule has 2 amide bonds. The summed E-state index contributed by atoms with van der Waals surface area (Å²) in [5.74, 6) is -0.931. The number of nitrogens with zero attached hydrogens (tertiary/aromatic N) is 1. The van der Waals surface area contributed by atoms with Crippen LogP contribution in [-0.4, -0.2) is 45.2 Å². The number of carbonyl (C=O) groups is 2. The second-order valence-electron chi connectivity index (χ2n) is 6.99. The number of carbonyl (C=O) groups excluding carboxylic acids is 2. The van der Waals surface area contributed by atoms with Crippen LogP contribution in [0.15, 0.2) is 83.8 Å². The molecule has 31 heavy (non-hydrogen) atoms. The van der Waals surface area contributed by atoms with Crippen LogP contribution >= 0.6 is 0 Å². The van der Waals surface area contributed by atoms with Crippen LogP contribution in [0.25, 0.3) is 11.1 Å². The highest BCUT2D eigenvalue weighted by molar-refractivity contribution is 7.89. The minimum absolute atomic E-state index is 0.00679. The monoisotopic (exact) mass is 437 g/mol. The Bertz CT molecular complexity index is 1190. The summed E-state index contributed by atoms with van der Waals surface area (Å²) < 4.78 is 25.5. The molecule has 0 fully saturated rings. The largest absolute Gasteiger partial charge is 0.343 e. The van der Waals surface area contributed by atoms with Crippen molar-refractivity contribution in [1.82, 2.24) is 9.62 Å². The summed E-state index contributed by atoms with van der Waals surface area (Å²) in [4.78, 5) is 24.7. The smallest absolute Gasteiger partial charge is 0.251 e. The Labute approximate surface area is 181 Å². The van der Waals surface area contributed by atoms with Gasteiger partial charge in [-0.15, -0.1) is 0 Å². The predicted octanol–water partition coefficient (Wildman–Crippen LogP) is 2.97. The van der Waals surface area contributed by atoms with Crippen LogP contribution < -0.4 is 10.6 Å². The Morgan fingerprint density at radius 3 is 2.23 bits per heavy atom. The third-order valence-corrected chi connectivity index (χ3v) is 6.35. The van der Waals surface area contributed by atoms with Gasteiger partial charge in [0.15, 0.2) is 0 Å². The van der Waals surface area contributed by atoms with E-state index < -0.39 is 21.8 Å². The molecular formula is C23H23N3O4S. The van der Waals surface area contributed by atoms with E-state index in [1.54, 1.807) is 6.07 Å². The van der Waals surface area contributed by atoms with Crippen LogP contribution in [-0.2, 0) is 14.8 Å². The number of benzene rings is 3. The highest BCUT2D eigenvalue weighted by Gasteiger charge is 2.19. The molecule has 0 heterocycles. The Kier molecular flexibility index (Phi) is 6.84. The van der Waals surface area contributed by atoms with E-state index >= 15 is 0 Å². The average Bonchev–Trinajstić information content (AvgIpc) is 2.78. The summed E-state index contributed by atoms with van der Waals surface area (Å²) in [6, 6.07) is 22.8. The van der Waals surface area contributed by atoms with E-state index in [1.165, 1.54) is 38.4 Å². The minimum Gasteiger partial charge on any atom is -0.343 e. The quantitative estimate of drug-likeness (QED) is 0.594. The zero-order valence-corrected chi connectivity index (χ0v) is 18.0. The van der Waals surface area contributed by atoms with Crippen LogP contribution in [0.2, 0.25) is 0 Å². The Hall–Kier alpha value is -3.49. The number of anilines is 1. The lowest BCUT2D eigenvalue weighted by Crippen LogP contribution is -2.33. The fraction of sp³-hybridized carbons (Fsp3) is 0.130. The lowest BCUT2D eigenvalue weighted by Gasteiger charge is -2.12. The van der Waals surface area contributed by atoms with Crippen molar-refractivity contribution in [3.8, 4) is 11.1 Å². The van der Waals surface area contributed by atoms with Crippen molar-refractivity contribution in [2.45, 2.75) is 4.90 Å². The number of hydrogen-bond acceptors (Lipinski definition) is 4. The fourth-order valence-corrected chi connectivity index (χ4v) is 3.83. The van der Waals surface area contributed by atoms with Gasteiger partial charge in [-0.25, -0.2) is 12.7 Å². The lowest BCUT2D eigenvalue weighted by atomic mass is 10.1. The summed E-state index contributed by atoms with van der Waals surface area (Å²) in [5, 5.41) is 5.27. The highest BCUT2D eigenvalue weighted by Crippen LogP contribution is 2.22. The molecule has 2 N–H and O–H groups in total. The van der Waals surface area contributed by atoms with Crippen molar-refractivity contribution in [1.29, 1.82) is 0 Å². The molecule has 7 nitrogen and oxygen atoms in total. The van der Waals surface area contributed by atoms with Crippen molar-refractivity contribution in [2.75, 3.05) is 26.0 Å². The zero-order valence-electron chi connectivity index (χ0n) is 17.2. The van der Waals surface area contributed by atoms with Crippen LogP contribution in [0, 0.1) is 0 Å². The Balaban J connectivity index is 1.62. The van der Waals surface area contributed by atoms with E-state index in [1.807, 2.05) is 48.5 Å². The molecular weight excluding hydrogens is 414 g/mol. The molecule has 0 atom stereocenters. The van der Waals surface area contributed by atoms with E-state index in [4.69, 9.17) is 0 Å². The molecule has 3 aromatic rings. The first-order valence-corrected chi connectivity index (χ1v) is 11.0. The van der Waals surface area contributed by atoms with Gasteiger partial charge in [-0.3, -0.25) is 9.59 Å². The molecule has 0 bridgehead atoms. The van der Waals surface area contributed by atoms with Crippen LogP contribution in [0.1, 0.15) is 10.4 Å². The topological polar surface area (TPSA) is 95.6 Å². The lowest BCUT2D eigenvalue weighted by molar-refractivity contribution is -0.115. The van der Waals surface area contributed by atoms with E-state index in [2.05, 4.69) is 10.6 Å². The second kappa shape index (κ2) is 9.55. The number of nitrogens with one attached hydrogen (secondary N) is 2. The number of amides is 2. The van der Waals surface area contributed by atoms with Crippen LogP contribution in [0.4, 0.5) is 5.69 Å². The zero-order chi connectivity index (χ0) is 22.4. The van der Waals surface area contributed by atoms with Gasteiger partial charge >= 0.3 is 0 Å². The number of rotatable bonds is 7. The standard InChI is InChI=1S/C23H23N3O4S/c1-26(2)31(29,30)21-13-7-11-19(15-21)23(28)24-16-22(27)25-20-12-6-10-18(14-20)17-8-4-3-5-9-17/h3-15H,16H2,1-2H3,(H,24,28)(H,25,27). The van der Waals surface area contributed by atoms with E-state index in [9.17, 15) is 18.0 Å². The van der Waals surface area contributed by atoms with Gasteiger partial charge in [-0.05, 0) is 41.5 Å². The molecule has 0 saturated carbocycles. The van der Waals surface area contributed by atoms with Crippen molar-refractivity contribution < 1.29 is 18.0 Å². The fourth-order valence-electron chi connectivity index (χ4n) is 2.88. The van der Waals surface area contributed by atoms with E-state index in [0.29, 0.717) is 5.69 Å². The molecule has 0 radical (unpaired) electrons. The maximum atomic E-state index is 12.4. The molecule has 0 saturated heterocycles. The molecule has 160 valence electrons. The maximum Gasteiger partial charge on any atom is 0.251 e. The predicted molar refractivity (Wildman–Crippen MR) is 120 cm³/mol. The first-order valence-electron chi connectivity index (χ1n) is 9.53. The molecule has 0 spiro atoms. The Morgan fingerprint density at radius 1 is 0.839 bits per heavy atom. The average molecular weight is 438 g/mol.